The smallest absolute Gasteiger partial charge is 0.259 e. The van der Waals surface area contributed by atoms with Crippen LogP contribution in [0.25, 0.3) is 0 Å². The molecule has 0 atom stereocenters. The maximum Gasteiger partial charge on any atom is 0.259 e. The highest BCUT2D eigenvalue weighted by atomic mass is 16.5. The van der Waals surface area contributed by atoms with Crippen LogP contribution in [0.15, 0.2) is 48.5 Å². The monoisotopic (exact) mass is 300 g/mol. The molecule has 0 heterocycles. The summed E-state index contributed by atoms with van der Waals surface area (Å²) in [5.74, 6) is -0.501. The molecular formula is C17H20N2O3. The zero-order valence-corrected chi connectivity index (χ0v) is 12.9. The summed E-state index contributed by atoms with van der Waals surface area (Å²) in [7, 11) is 1.49. The predicted octanol–water partition coefficient (Wildman–Crippen LogP) is 3.07. The summed E-state index contributed by atoms with van der Waals surface area (Å²) in [4.78, 5) is 23.5. The molecule has 0 aliphatic heterocycles. The van der Waals surface area contributed by atoms with Crippen LogP contribution in [0.4, 0.5) is 5.69 Å². The molecule has 0 radical (unpaired) electrons. The molecule has 116 valence electrons. The molecule has 0 aromatic heterocycles. The first-order valence-electron chi connectivity index (χ1n) is 6.96. The number of rotatable bonds is 4. The van der Waals surface area contributed by atoms with Gasteiger partial charge in [-0.05, 0) is 24.3 Å². The number of hydrogen-bond acceptors (Lipinski definition) is 3. The van der Waals surface area contributed by atoms with Gasteiger partial charge in [-0.15, -0.1) is 0 Å². The van der Waals surface area contributed by atoms with Gasteiger partial charge in [-0.1, -0.05) is 38.1 Å². The summed E-state index contributed by atoms with van der Waals surface area (Å²) in [6, 6.07) is 13.4. The number of hydrogen-bond donors (Lipinski definition) is 2. The molecule has 0 spiro atoms. The van der Waals surface area contributed by atoms with Gasteiger partial charge in [-0.3, -0.25) is 9.59 Å². The first kappa shape index (κ1) is 17.2. The Bertz CT molecular complexity index is 654. The summed E-state index contributed by atoms with van der Waals surface area (Å²) in [6.07, 6.45) is 0. The van der Waals surface area contributed by atoms with E-state index in [1.807, 2.05) is 13.8 Å². The van der Waals surface area contributed by atoms with Crippen LogP contribution in [-0.2, 0) is 0 Å². The van der Waals surface area contributed by atoms with Crippen molar-refractivity contribution in [3.8, 4) is 5.75 Å². The van der Waals surface area contributed by atoms with Gasteiger partial charge in [0, 0.05) is 0 Å². The molecule has 0 saturated heterocycles. The Balaban J connectivity index is 0.00000116. The van der Waals surface area contributed by atoms with E-state index in [2.05, 4.69) is 5.32 Å². The van der Waals surface area contributed by atoms with Gasteiger partial charge in [0.2, 0.25) is 0 Å². The second-order valence-electron chi connectivity index (χ2n) is 4.06. The first-order chi connectivity index (χ1) is 10.6. The van der Waals surface area contributed by atoms with Crippen LogP contribution < -0.4 is 15.8 Å². The van der Waals surface area contributed by atoms with Gasteiger partial charge in [-0.2, -0.15) is 0 Å². The van der Waals surface area contributed by atoms with Crippen molar-refractivity contribution in [3.63, 3.8) is 0 Å². The molecule has 2 amide bonds. The molecule has 2 aromatic carbocycles. The Kier molecular flexibility index (Phi) is 6.63. The van der Waals surface area contributed by atoms with Crippen molar-refractivity contribution in [2.24, 2.45) is 5.73 Å². The highest BCUT2D eigenvalue weighted by Gasteiger charge is 2.14. The standard InChI is InChI=1S/C15H14N2O3.C2H6/c1-20-13-9-5-3-7-11(13)15(19)17-12-8-4-2-6-10(12)14(16)18;1-2/h2-9H,1H3,(H2,16,18)(H,17,19);1-2H3. The zero-order valence-electron chi connectivity index (χ0n) is 12.9. The number of benzene rings is 2. The molecule has 22 heavy (non-hydrogen) atoms. The maximum atomic E-state index is 12.2. The van der Waals surface area contributed by atoms with Crippen LogP contribution in [0.1, 0.15) is 34.6 Å². The number of carbonyl (C=O) groups excluding carboxylic acids is 2. The van der Waals surface area contributed by atoms with Crippen LogP contribution in [0.3, 0.4) is 0 Å². The summed E-state index contributed by atoms with van der Waals surface area (Å²) < 4.78 is 5.13. The number of methoxy groups -OCH3 is 1. The highest BCUT2D eigenvalue weighted by molar-refractivity contribution is 6.09. The number of primary amides is 1. The summed E-state index contributed by atoms with van der Waals surface area (Å²) in [5, 5.41) is 2.66. The number of carbonyl (C=O) groups is 2. The molecule has 5 heteroatoms. The van der Waals surface area contributed by atoms with Gasteiger partial charge >= 0.3 is 0 Å². The van der Waals surface area contributed by atoms with Gasteiger partial charge in [-0.25, -0.2) is 0 Å². The Morgan fingerprint density at radius 1 is 0.955 bits per heavy atom. The number of anilines is 1. The fourth-order valence-corrected chi connectivity index (χ4v) is 1.83. The average molecular weight is 300 g/mol. The van der Waals surface area contributed by atoms with Crippen molar-refractivity contribution in [2.75, 3.05) is 12.4 Å². The molecule has 2 rings (SSSR count). The normalized spacial score (nSPS) is 9.23. The van der Waals surface area contributed by atoms with Gasteiger partial charge in [0.15, 0.2) is 0 Å². The number of para-hydroxylation sites is 2. The van der Waals surface area contributed by atoms with Gasteiger partial charge in [0.25, 0.3) is 11.8 Å². The highest BCUT2D eigenvalue weighted by Crippen LogP contribution is 2.20. The summed E-state index contributed by atoms with van der Waals surface area (Å²) >= 11 is 0. The molecule has 0 unspecified atom stereocenters. The maximum absolute atomic E-state index is 12.2. The SMILES string of the molecule is CC.COc1ccccc1C(=O)Nc1ccccc1C(N)=O. The molecule has 0 saturated carbocycles. The quantitative estimate of drug-likeness (QED) is 0.910. The largest absolute Gasteiger partial charge is 0.496 e. The Labute approximate surface area is 130 Å². The molecule has 0 fully saturated rings. The van der Waals surface area contributed by atoms with Gasteiger partial charge in [0.05, 0.1) is 23.9 Å². The number of nitrogens with two attached hydrogens (primary N) is 1. The number of ether oxygens (including phenoxy) is 1. The Hall–Kier alpha value is -2.82. The van der Waals surface area contributed by atoms with E-state index in [9.17, 15) is 9.59 Å². The van der Waals surface area contributed by atoms with E-state index in [1.165, 1.54) is 7.11 Å². The van der Waals surface area contributed by atoms with Crippen molar-refractivity contribution in [1.29, 1.82) is 0 Å². The van der Waals surface area contributed by atoms with Crippen molar-refractivity contribution in [3.05, 3.63) is 59.7 Å². The Morgan fingerprint density at radius 3 is 2.09 bits per heavy atom. The summed E-state index contributed by atoms with van der Waals surface area (Å²) in [5.41, 5.74) is 6.28. The van der Waals surface area contributed by atoms with E-state index in [0.29, 0.717) is 17.0 Å². The third-order valence-corrected chi connectivity index (χ3v) is 2.79. The molecule has 0 bridgehead atoms. The van der Waals surface area contributed by atoms with Crippen molar-refractivity contribution in [1.82, 2.24) is 0 Å². The lowest BCUT2D eigenvalue weighted by atomic mass is 10.1. The van der Waals surface area contributed by atoms with E-state index in [-0.39, 0.29) is 11.5 Å². The fourth-order valence-electron chi connectivity index (χ4n) is 1.83. The lowest BCUT2D eigenvalue weighted by molar-refractivity contribution is 0.100. The van der Waals surface area contributed by atoms with Gasteiger partial charge < -0.3 is 15.8 Å². The van der Waals surface area contributed by atoms with E-state index >= 15 is 0 Å². The van der Waals surface area contributed by atoms with Crippen molar-refractivity contribution < 1.29 is 14.3 Å². The van der Waals surface area contributed by atoms with Gasteiger partial charge in [0.1, 0.15) is 5.75 Å². The minimum atomic E-state index is -0.596. The second kappa shape index (κ2) is 8.46. The summed E-state index contributed by atoms with van der Waals surface area (Å²) in [6.45, 7) is 4.00. The van der Waals surface area contributed by atoms with E-state index < -0.39 is 5.91 Å². The minimum absolute atomic E-state index is 0.260. The minimum Gasteiger partial charge on any atom is -0.496 e. The number of amides is 2. The second-order valence-corrected chi connectivity index (χ2v) is 4.06. The molecule has 0 aliphatic rings. The molecular weight excluding hydrogens is 280 g/mol. The van der Waals surface area contributed by atoms with Crippen molar-refractivity contribution >= 4 is 17.5 Å². The van der Waals surface area contributed by atoms with Crippen molar-refractivity contribution in [2.45, 2.75) is 13.8 Å². The molecule has 0 aliphatic carbocycles. The van der Waals surface area contributed by atoms with E-state index in [4.69, 9.17) is 10.5 Å². The van der Waals surface area contributed by atoms with Crippen LogP contribution in [0.2, 0.25) is 0 Å². The van der Waals surface area contributed by atoms with Crippen LogP contribution in [-0.4, -0.2) is 18.9 Å². The van der Waals surface area contributed by atoms with E-state index in [0.717, 1.165) is 0 Å². The zero-order chi connectivity index (χ0) is 16.5. The third kappa shape index (κ3) is 4.09. The van der Waals surface area contributed by atoms with Crippen LogP contribution in [0.5, 0.6) is 5.75 Å². The Morgan fingerprint density at radius 2 is 1.50 bits per heavy atom. The lowest BCUT2D eigenvalue weighted by Gasteiger charge is -2.11. The third-order valence-electron chi connectivity index (χ3n) is 2.79. The average Bonchev–Trinajstić information content (AvgIpc) is 2.57. The number of nitrogens with one attached hydrogen (secondary N) is 1. The topological polar surface area (TPSA) is 81.4 Å². The first-order valence-corrected chi connectivity index (χ1v) is 6.96. The fraction of sp³-hybridized carbons (Fsp3) is 0.176. The predicted molar refractivity (Wildman–Crippen MR) is 87.3 cm³/mol. The molecule has 3 N–H and O–H groups in total. The van der Waals surface area contributed by atoms with Crippen LogP contribution >= 0.6 is 0 Å². The molecule has 5 nitrogen and oxygen atoms in total. The van der Waals surface area contributed by atoms with Crippen LogP contribution in [0, 0.1) is 0 Å². The molecule has 2 aromatic rings. The van der Waals surface area contributed by atoms with E-state index in [1.54, 1.807) is 48.5 Å². The lowest BCUT2D eigenvalue weighted by Crippen LogP contribution is -2.18.